The fraction of sp³-hybridized carbons (Fsp3) is 0.125. The lowest BCUT2D eigenvalue weighted by atomic mass is 10.0. The van der Waals surface area contributed by atoms with Gasteiger partial charge in [0.1, 0.15) is 11.6 Å². The number of aromatic nitrogens is 2. The van der Waals surface area contributed by atoms with Crippen molar-refractivity contribution in [2.24, 2.45) is 0 Å². The third-order valence-corrected chi connectivity index (χ3v) is 5.45. The number of aryl methyl sites for hydroxylation is 1. The highest BCUT2D eigenvalue weighted by molar-refractivity contribution is 6.36. The van der Waals surface area contributed by atoms with Gasteiger partial charge in [0.25, 0.3) is 0 Å². The van der Waals surface area contributed by atoms with Crippen LogP contribution in [0.15, 0.2) is 72.9 Å². The van der Waals surface area contributed by atoms with Gasteiger partial charge in [0, 0.05) is 29.7 Å². The van der Waals surface area contributed by atoms with Gasteiger partial charge in [0.2, 0.25) is 0 Å². The van der Waals surface area contributed by atoms with Crippen molar-refractivity contribution >= 4 is 23.2 Å². The Bertz CT molecular complexity index is 1150. The molecule has 1 heterocycles. The Labute approximate surface area is 180 Å². The molecule has 0 fully saturated rings. The molecule has 29 heavy (non-hydrogen) atoms. The topological polar surface area (TPSA) is 38.0 Å². The van der Waals surface area contributed by atoms with Crippen LogP contribution in [0.4, 0.5) is 0 Å². The van der Waals surface area contributed by atoms with Gasteiger partial charge < -0.3 is 9.67 Å². The van der Waals surface area contributed by atoms with Gasteiger partial charge in [-0.05, 0) is 53.9 Å². The zero-order chi connectivity index (χ0) is 20.4. The summed E-state index contributed by atoms with van der Waals surface area (Å²) < 4.78 is 2.14. The second kappa shape index (κ2) is 8.32. The van der Waals surface area contributed by atoms with Crippen LogP contribution in [0.25, 0.3) is 22.4 Å². The van der Waals surface area contributed by atoms with Crippen molar-refractivity contribution in [2.45, 2.75) is 19.9 Å². The van der Waals surface area contributed by atoms with Crippen molar-refractivity contribution < 1.29 is 5.11 Å². The van der Waals surface area contributed by atoms with Gasteiger partial charge in [0.15, 0.2) is 0 Å². The lowest BCUT2D eigenvalue weighted by Crippen LogP contribution is -2.01. The van der Waals surface area contributed by atoms with Gasteiger partial charge in [-0.2, -0.15) is 0 Å². The summed E-state index contributed by atoms with van der Waals surface area (Å²) in [7, 11) is 0. The first kappa shape index (κ1) is 19.6. The van der Waals surface area contributed by atoms with E-state index >= 15 is 0 Å². The molecule has 0 aliphatic rings. The van der Waals surface area contributed by atoms with Crippen molar-refractivity contribution in [1.82, 2.24) is 9.55 Å². The molecular weight excluding hydrogens is 403 g/mol. The van der Waals surface area contributed by atoms with E-state index in [1.807, 2.05) is 30.5 Å². The van der Waals surface area contributed by atoms with Gasteiger partial charge in [-0.3, -0.25) is 0 Å². The van der Waals surface area contributed by atoms with Crippen LogP contribution >= 0.6 is 23.2 Å². The molecule has 146 valence electrons. The molecular formula is C24H20Cl2N2O. The van der Waals surface area contributed by atoms with Crippen molar-refractivity contribution in [3.05, 3.63) is 94.4 Å². The second-order valence-corrected chi connectivity index (χ2v) is 7.72. The molecule has 0 radical (unpaired) electrons. The molecule has 1 aromatic heterocycles. The van der Waals surface area contributed by atoms with Crippen LogP contribution in [0.5, 0.6) is 5.75 Å². The van der Waals surface area contributed by atoms with E-state index in [0.717, 1.165) is 41.2 Å². The molecule has 3 aromatic carbocycles. The number of hydrogen-bond acceptors (Lipinski definition) is 2. The van der Waals surface area contributed by atoms with Crippen molar-refractivity contribution in [3.8, 4) is 28.1 Å². The van der Waals surface area contributed by atoms with Crippen LogP contribution in [-0.2, 0) is 13.0 Å². The van der Waals surface area contributed by atoms with Crippen LogP contribution in [0, 0.1) is 0 Å². The lowest BCUT2D eigenvalue weighted by Gasteiger charge is -2.07. The van der Waals surface area contributed by atoms with Gasteiger partial charge in [-0.25, -0.2) is 4.98 Å². The number of imidazole rings is 1. The molecule has 0 saturated carbocycles. The predicted molar refractivity (Wildman–Crippen MR) is 120 cm³/mol. The van der Waals surface area contributed by atoms with Crippen molar-refractivity contribution in [3.63, 3.8) is 0 Å². The number of halogens is 2. The summed E-state index contributed by atoms with van der Waals surface area (Å²) in [6.45, 7) is 2.93. The highest BCUT2D eigenvalue weighted by Gasteiger charge is 2.12. The molecule has 4 rings (SSSR count). The predicted octanol–water partition coefficient (Wildman–Crippen LogP) is 6.84. The summed E-state index contributed by atoms with van der Waals surface area (Å²) in [5.74, 6) is 1.25. The van der Waals surface area contributed by atoms with Crippen LogP contribution in [0.2, 0.25) is 10.0 Å². The Morgan fingerprint density at radius 2 is 1.72 bits per heavy atom. The summed E-state index contributed by atoms with van der Waals surface area (Å²) in [4.78, 5) is 4.83. The molecule has 0 unspecified atom stereocenters. The van der Waals surface area contributed by atoms with Crippen LogP contribution in [-0.4, -0.2) is 14.7 Å². The first-order valence-electron chi connectivity index (χ1n) is 9.43. The van der Waals surface area contributed by atoms with Crippen LogP contribution in [0.1, 0.15) is 18.3 Å². The van der Waals surface area contributed by atoms with Gasteiger partial charge >= 0.3 is 0 Å². The summed E-state index contributed by atoms with van der Waals surface area (Å²) >= 11 is 12.4. The van der Waals surface area contributed by atoms with Gasteiger partial charge in [-0.1, -0.05) is 59.6 Å². The van der Waals surface area contributed by atoms with Crippen molar-refractivity contribution in [2.75, 3.05) is 0 Å². The average molecular weight is 423 g/mol. The fourth-order valence-corrected chi connectivity index (χ4v) is 3.88. The molecule has 0 aliphatic carbocycles. The molecule has 1 N–H and O–H groups in total. The maximum absolute atomic E-state index is 9.68. The van der Waals surface area contributed by atoms with Crippen molar-refractivity contribution in [1.29, 1.82) is 0 Å². The Hall–Kier alpha value is -2.75. The minimum atomic E-state index is 0.268. The highest BCUT2D eigenvalue weighted by Crippen LogP contribution is 2.30. The smallest absolute Gasteiger partial charge is 0.116 e. The summed E-state index contributed by atoms with van der Waals surface area (Å²) in [5, 5.41) is 10.9. The first-order chi connectivity index (χ1) is 14.0. The number of phenols is 1. The third-order valence-electron chi connectivity index (χ3n) is 4.90. The van der Waals surface area contributed by atoms with E-state index in [-0.39, 0.29) is 5.75 Å². The maximum atomic E-state index is 9.68. The normalized spacial score (nSPS) is 11.0. The molecule has 0 aliphatic heterocycles. The third kappa shape index (κ3) is 4.31. The average Bonchev–Trinajstić information content (AvgIpc) is 3.11. The Kier molecular flexibility index (Phi) is 5.61. The van der Waals surface area contributed by atoms with E-state index in [2.05, 4.69) is 35.8 Å². The zero-order valence-corrected chi connectivity index (χ0v) is 17.5. The van der Waals surface area contributed by atoms with E-state index in [0.29, 0.717) is 10.0 Å². The van der Waals surface area contributed by atoms with E-state index in [4.69, 9.17) is 28.2 Å². The van der Waals surface area contributed by atoms with E-state index in [1.54, 1.807) is 18.2 Å². The Morgan fingerprint density at radius 1 is 0.931 bits per heavy atom. The van der Waals surface area contributed by atoms with Gasteiger partial charge in [-0.15, -0.1) is 0 Å². The number of hydrogen-bond donors (Lipinski definition) is 1. The first-order valence-corrected chi connectivity index (χ1v) is 10.2. The Morgan fingerprint density at radius 3 is 2.41 bits per heavy atom. The molecule has 4 aromatic rings. The van der Waals surface area contributed by atoms with Crippen LogP contribution in [0.3, 0.4) is 0 Å². The lowest BCUT2D eigenvalue weighted by molar-refractivity contribution is 0.475. The number of rotatable bonds is 5. The van der Waals surface area contributed by atoms with Gasteiger partial charge in [0.05, 0.1) is 10.7 Å². The molecule has 0 saturated heterocycles. The molecule has 0 amide bonds. The molecule has 3 nitrogen and oxygen atoms in total. The minimum absolute atomic E-state index is 0.268. The molecule has 0 bridgehead atoms. The monoisotopic (exact) mass is 422 g/mol. The Balaban J connectivity index is 1.60. The maximum Gasteiger partial charge on any atom is 0.116 e. The number of nitrogens with zero attached hydrogens (tertiary/aromatic N) is 2. The number of phenolic OH excluding ortho intramolecular Hbond substituents is 1. The largest absolute Gasteiger partial charge is 0.508 e. The molecule has 0 atom stereocenters. The molecule has 0 spiro atoms. The number of benzene rings is 3. The van der Waals surface area contributed by atoms with E-state index in [9.17, 15) is 5.11 Å². The standard InChI is InChI=1S/C24H20Cl2N2O/c1-2-28-15-23(21-11-10-19(25)14-22(21)26)27-24(28)12-16-6-8-17(9-7-16)18-4-3-5-20(29)13-18/h3-11,13-15,29H,2,12H2,1H3. The SMILES string of the molecule is CCn1cc(-c2ccc(Cl)cc2Cl)nc1Cc1ccc(-c2cccc(O)c2)cc1. The zero-order valence-electron chi connectivity index (χ0n) is 15.9. The minimum Gasteiger partial charge on any atom is -0.508 e. The fourth-order valence-electron chi connectivity index (χ4n) is 3.38. The summed E-state index contributed by atoms with van der Waals surface area (Å²) in [6, 6.07) is 21.1. The molecule has 5 heteroatoms. The highest BCUT2D eigenvalue weighted by atomic mass is 35.5. The van der Waals surface area contributed by atoms with E-state index in [1.165, 1.54) is 5.56 Å². The van der Waals surface area contributed by atoms with E-state index < -0.39 is 0 Å². The quantitative estimate of drug-likeness (QED) is 0.382. The summed E-state index contributed by atoms with van der Waals surface area (Å²) in [6.07, 6.45) is 2.75. The van der Waals surface area contributed by atoms with Crippen LogP contribution < -0.4 is 0 Å². The second-order valence-electron chi connectivity index (χ2n) is 6.88. The summed E-state index contributed by atoms with van der Waals surface area (Å²) in [5.41, 5.74) is 4.95. The number of aromatic hydroxyl groups is 1.